The van der Waals surface area contributed by atoms with Crippen molar-refractivity contribution in [1.29, 1.82) is 0 Å². The van der Waals surface area contributed by atoms with Crippen molar-refractivity contribution in [1.82, 2.24) is 0 Å². The fourth-order valence-electron chi connectivity index (χ4n) is 6.40. The van der Waals surface area contributed by atoms with Gasteiger partial charge in [0, 0.05) is 24.5 Å². The molecule has 0 spiro atoms. The van der Waals surface area contributed by atoms with Gasteiger partial charge in [-0.2, -0.15) is 0 Å². The maximum absolute atomic E-state index is 5.00. The molecular weight excluding hydrogens is 412 g/mol. The topological polar surface area (TPSA) is 24.7 Å². The zero-order chi connectivity index (χ0) is 24.0. The maximum atomic E-state index is 5.00. The van der Waals surface area contributed by atoms with Gasteiger partial charge in [0.15, 0.2) is 0 Å². The predicted octanol–water partition coefficient (Wildman–Crippen LogP) is 8.11. The van der Waals surface area contributed by atoms with E-state index in [-0.39, 0.29) is 6.04 Å². The lowest BCUT2D eigenvalue weighted by atomic mass is 9.68. The third kappa shape index (κ3) is 4.44. The van der Waals surface area contributed by atoms with Gasteiger partial charge >= 0.3 is 0 Å². The van der Waals surface area contributed by atoms with Gasteiger partial charge in [-0.15, -0.1) is 0 Å². The number of dihydropyridines is 1. The smallest absolute Gasteiger partial charge is 0.100 e. The minimum Gasteiger partial charge on any atom is -0.280 e. The minimum absolute atomic E-state index is 0.153. The summed E-state index contributed by atoms with van der Waals surface area (Å²) in [6.07, 6.45) is 15.7. The van der Waals surface area contributed by atoms with Crippen molar-refractivity contribution in [2.45, 2.75) is 73.3 Å². The van der Waals surface area contributed by atoms with E-state index < -0.39 is 0 Å². The first-order valence-corrected chi connectivity index (χ1v) is 13.3. The van der Waals surface area contributed by atoms with Crippen LogP contribution in [0.2, 0.25) is 0 Å². The van der Waals surface area contributed by atoms with Gasteiger partial charge in [0.2, 0.25) is 0 Å². The summed E-state index contributed by atoms with van der Waals surface area (Å²) < 4.78 is 0. The molecule has 5 atom stereocenters. The molecule has 1 fully saturated rings. The van der Waals surface area contributed by atoms with Crippen molar-refractivity contribution >= 4 is 23.1 Å². The van der Waals surface area contributed by atoms with E-state index in [1.807, 2.05) is 6.21 Å². The van der Waals surface area contributed by atoms with Crippen LogP contribution in [0.4, 0.5) is 0 Å². The van der Waals surface area contributed by atoms with E-state index in [0.29, 0.717) is 11.8 Å². The molecule has 1 aromatic rings. The predicted molar refractivity (Wildman–Crippen MR) is 147 cm³/mol. The molecule has 0 amide bonds. The van der Waals surface area contributed by atoms with Crippen molar-refractivity contribution in [3.05, 3.63) is 70.5 Å². The minimum atomic E-state index is 0.153. The molecule has 1 saturated carbocycles. The van der Waals surface area contributed by atoms with E-state index in [9.17, 15) is 0 Å². The largest absolute Gasteiger partial charge is 0.280 e. The molecule has 0 N–H and O–H groups in total. The van der Waals surface area contributed by atoms with E-state index in [0.717, 1.165) is 30.6 Å². The zero-order valence-electron chi connectivity index (χ0n) is 21.8. The molecule has 5 rings (SSSR count). The molecule has 4 aliphatic rings. The molecular formula is C32H40N2. The Kier molecular flexibility index (Phi) is 6.35. The van der Waals surface area contributed by atoms with Crippen LogP contribution >= 0.6 is 0 Å². The van der Waals surface area contributed by atoms with E-state index in [1.165, 1.54) is 57.5 Å². The summed E-state index contributed by atoms with van der Waals surface area (Å²) in [7, 11) is 0. The van der Waals surface area contributed by atoms with Gasteiger partial charge < -0.3 is 0 Å². The summed E-state index contributed by atoms with van der Waals surface area (Å²) in [6.45, 7) is 14.1. The van der Waals surface area contributed by atoms with Crippen LogP contribution in [0.15, 0.2) is 63.8 Å². The fourth-order valence-corrected chi connectivity index (χ4v) is 6.40. The normalized spacial score (nSPS) is 30.6. The molecule has 2 heteroatoms. The summed E-state index contributed by atoms with van der Waals surface area (Å²) in [5.74, 6) is 3.66. The summed E-state index contributed by atoms with van der Waals surface area (Å²) in [4.78, 5) is 9.84. The number of hydrogen-bond donors (Lipinski definition) is 0. The van der Waals surface area contributed by atoms with Gasteiger partial charge in [0.25, 0.3) is 0 Å². The molecule has 178 valence electrons. The lowest BCUT2D eigenvalue weighted by Gasteiger charge is -2.37. The Morgan fingerprint density at radius 3 is 2.53 bits per heavy atom. The van der Waals surface area contributed by atoms with Crippen LogP contribution in [-0.4, -0.2) is 18.0 Å². The Balaban J connectivity index is 1.37. The Morgan fingerprint density at radius 1 is 1.03 bits per heavy atom. The van der Waals surface area contributed by atoms with Crippen LogP contribution in [0.1, 0.15) is 77.5 Å². The highest BCUT2D eigenvalue weighted by atomic mass is 14.8. The van der Waals surface area contributed by atoms with Gasteiger partial charge in [-0.05, 0) is 94.8 Å². The van der Waals surface area contributed by atoms with Crippen molar-refractivity contribution in [2.75, 3.05) is 0 Å². The average molecular weight is 453 g/mol. The molecule has 0 aromatic heterocycles. The molecule has 3 unspecified atom stereocenters. The number of allylic oxidation sites excluding steroid dienone is 4. The number of benzene rings is 1. The van der Waals surface area contributed by atoms with Gasteiger partial charge in [-0.3, -0.25) is 9.98 Å². The van der Waals surface area contributed by atoms with Gasteiger partial charge in [0.05, 0.1) is 0 Å². The lowest BCUT2D eigenvalue weighted by Crippen LogP contribution is -2.31. The van der Waals surface area contributed by atoms with Gasteiger partial charge in [-0.25, -0.2) is 0 Å². The number of nitrogens with zero attached hydrogens (tertiary/aromatic N) is 2. The van der Waals surface area contributed by atoms with E-state index in [1.54, 1.807) is 0 Å². The van der Waals surface area contributed by atoms with Crippen molar-refractivity contribution in [3.8, 4) is 0 Å². The summed E-state index contributed by atoms with van der Waals surface area (Å²) >= 11 is 0. The van der Waals surface area contributed by atoms with Gasteiger partial charge in [-0.1, -0.05) is 71.0 Å². The van der Waals surface area contributed by atoms with E-state index in [2.05, 4.69) is 84.2 Å². The molecule has 2 aliphatic carbocycles. The summed E-state index contributed by atoms with van der Waals surface area (Å²) in [6, 6.07) is 7.26. The fraction of sp³-hybridized carbons (Fsp3) is 0.500. The highest BCUT2D eigenvalue weighted by Crippen LogP contribution is 2.42. The summed E-state index contributed by atoms with van der Waals surface area (Å²) in [5.41, 5.74) is 10.9. The average Bonchev–Trinajstić information content (AvgIpc) is 3.44. The second-order valence-corrected chi connectivity index (χ2v) is 11.8. The molecule has 2 aliphatic heterocycles. The van der Waals surface area contributed by atoms with Crippen molar-refractivity contribution < 1.29 is 0 Å². The number of rotatable bonds is 5. The lowest BCUT2D eigenvalue weighted by molar-refractivity contribution is 0.171. The van der Waals surface area contributed by atoms with E-state index >= 15 is 0 Å². The van der Waals surface area contributed by atoms with Gasteiger partial charge in [0.1, 0.15) is 6.04 Å². The Bertz CT molecular complexity index is 1140. The quantitative estimate of drug-likeness (QED) is 0.431. The van der Waals surface area contributed by atoms with E-state index in [4.69, 9.17) is 9.98 Å². The maximum Gasteiger partial charge on any atom is 0.100 e. The molecule has 0 radical (unpaired) electrons. The third-order valence-electron chi connectivity index (χ3n) is 8.64. The molecule has 2 heterocycles. The van der Waals surface area contributed by atoms with Crippen LogP contribution in [0.3, 0.4) is 0 Å². The molecule has 0 bridgehead atoms. The molecule has 34 heavy (non-hydrogen) atoms. The van der Waals surface area contributed by atoms with Crippen LogP contribution in [0, 0.1) is 29.6 Å². The first-order chi connectivity index (χ1) is 16.3. The number of aliphatic imine (C=N–C) groups is 2. The highest BCUT2D eigenvalue weighted by Gasteiger charge is 2.34. The third-order valence-corrected chi connectivity index (χ3v) is 8.64. The monoisotopic (exact) mass is 452 g/mol. The summed E-state index contributed by atoms with van der Waals surface area (Å²) in [5, 5.41) is 0. The van der Waals surface area contributed by atoms with Crippen LogP contribution in [0.25, 0.3) is 11.1 Å². The van der Waals surface area contributed by atoms with Crippen LogP contribution < -0.4 is 0 Å². The Labute approximate surface area is 206 Å². The van der Waals surface area contributed by atoms with Crippen LogP contribution in [0.5, 0.6) is 0 Å². The standard InChI is InChI=1S/C32H40N2/c1-19(2)11-26-15-24(30-10-8-25-12-20(3)17-34-32(25)30)7-9-29(26)28-16-31(33-18-28)27-13-21(4)23(6)22(5)14-27/h7-10,12,15,17-19,21-23,27,32H,11,13-14,16H2,1-6H3/t21-,22+,23?,27?,32?. The number of fused-ring (bicyclic) bond motifs is 1. The zero-order valence-corrected chi connectivity index (χ0v) is 21.8. The SMILES string of the molecule is CC1=CC2=CC=C(c3ccc(C4=CN=C(C5C[C@@H](C)C(C)[C@@H](C)C5)C4)c(CC(C)C)c3)C2N=C1. The first kappa shape index (κ1) is 23.3. The van der Waals surface area contributed by atoms with Crippen LogP contribution in [-0.2, 0) is 6.42 Å². The molecule has 0 saturated heterocycles. The Hall–Kier alpha value is -2.48. The first-order valence-electron chi connectivity index (χ1n) is 13.3. The van der Waals surface area contributed by atoms with Crippen molar-refractivity contribution in [3.63, 3.8) is 0 Å². The number of hydrogen-bond acceptors (Lipinski definition) is 2. The molecule has 1 aromatic carbocycles. The van der Waals surface area contributed by atoms with Crippen molar-refractivity contribution in [2.24, 2.45) is 39.6 Å². The Morgan fingerprint density at radius 2 is 1.79 bits per heavy atom. The highest BCUT2D eigenvalue weighted by molar-refractivity contribution is 6.00. The second-order valence-electron chi connectivity index (χ2n) is 11.8. The molecule has 2 nitrogen and oxygen atoms in total. The second kappa shape index (κ2) is 9.29.